The molecule has 0 aromatic carbocycles. The van der Waals surface area contributed by atoms with Gasteiger partial charge in [0.25, 0.3) is 0 Å². The fraction of sp³-hybridized carbons (Fsp3) is 0.583. The molecular weight excluding hydrogens is 517 g/mol. The van der Waals surface area contributed by atoms with E-state index in [-0.39, 0.29) is 0 Å². The quantitative estimate of drug-likeness (QED) is 0.235. The van der Waals surface area contributed by atoms with Crippen molar-refractivity contribution in [2.24, 2.45) is 0 Å². The van der Waals surface area contributed by atoms with Crippen molar-refractivity contribution in [1.29, 1.82) is 0 Å². The lowest BCUT2D eigenvalue weighted by atomic mass is 9.96. The van der Waals surface area contributed by atoms with Gasteiger partial charge < -0.3 is 39.0 Å². The molecule has 6 atom stereocenters. The molecule has 2 aromatic heterocycles. The fourth-order valence-electron chi connectivity index (χ4n) is 2.99. The fourth-order valence-corrected chi connectivity index (χ4v) is 6.96. The number of nitrogens with zero attached hydrogens (tertiary/aromatic N) is 4. The molecule has 0 amide bonds. The van der Waals surface area contributed by atoms with Crippen molar-refractivity contribution >= 4 is 45.3 Å². The van der Waals surface area contributed by atoms with E-state index in [9.17, 15) is 29.1 Å². The van der Waals surface area contributed by atoms with Gasteiger partial charge >= 0.3 is 22.4 Å². The molecule has 20 heteroatoms. The molecule has 2 aromatic rings. The normalized spacial score (nSPS) is 30.3. The first-order valence-corrected chi connectivity index (χ1v) is 14.1. The summed E-state index contributed by atoms with van der Waals surface area (Å²) in [7, 11) is -10.9. The van der Waals surface area contributed by atoms with Gasteiger partial charge in [-0.15, -0.1) is 0 Å². The average molecular weight is 536 g/mol. The molecule has 3 rings (SSSR count). The number of rotatable bonds is 8. The highest BCUT2D eigenvalue weighted by atomic mass is 32.5. The Bertz CT molecular complexity index is 1150. The highest BCUT2D eigenvalue weighted by Gasteiger charge is 2.54. The largest absolute Gasteiger partial charge is 0.488 e. The first kappa shape index (κ1) is 25.9. The van der Waals surface area contributed by atoms with Crippen molar-refractivity contribution in [3.05, 3.63) is 18.3 Å². The van der Waals surface area contributed by atoms with E-state index in [0.717, 1.165) is 0 Å². The Labute approximate surface area is 184 Å². The molecular formula is C12H19N4O12P3S. The second-order valence-corrected chi connectivity index (χ2v) is 12.7. The predicted octanol–water partition coefficient (Wildman–Crippen LogP) is -0.396. The number of ether oxygens (including phenoxy) is 1. The van der Waals surface area contributed by atoms with E-state index < -0.39 is 53.0 Å². The lowest BCUT2D eigenvalue weighted by molar-refractivity contribution is -0.0948. The van der Waals surface area contributed by atoms with Crippen LogP contribution in [-0.2, 0) is 38.8 Å². The first-order chi connectivity index (χ1) is 14.5. The van der Waals surface area contributed by atoms with Crippen LogP contribution in [0.25, 0.3) is 11.2 Å². The summed E-state index contributed by atoms with van der Waals surface area (Å²) in [5, 5.41) is 21.3. The summed E-state index contributed by atoms with van der Waals surface area (Å²) < 4.78 is 41.8. The highest BCUT2D eigenvalue weighted by Crippen LogP contribution is 2.66. The van der Waals surface area contributed by atoms with Crippen LogP contribution in [0.3, 0.4) is 0 Å². The minimum Gasteiger partial charge on any atom is -0.387 e. The first-order valence-electron chi connectivity index (χ1n) is 8.51. The molecule has 1 saturated heterocycles. The van der Waals surface area contributed by atoms with Crippen LogP contribution in [0.2, 0.25) is 0 Å². The van der Waals surface area contributed by atoms with Crippen LogP contribution in [0.4, 0.5) is 0 Å². The zero-order valence-electron chi connectivity index (χ0n) is 16.3. The van der Waals surface area contributed by atoms with Gasteiger partial charge in [0.2, 0.25) is 0 Å². The maximum Gasteiger partial charge on any atom is 0.488 e. The second kappa shape index (κ2) is 8.80. The Morgan fingerprint density at radius 3 is 2.50 bits per heavy atom. The van der Waals surface area contributed by atoms with Crippen molar-refractivity contribution in [1.82, 2.24) is 19.5 Å². The van der Waals surface area contributed by atoms with Crippen LogP contribution >= 0.6 is 22.4 Å². The van der Waals surface area contributed by atoms with Gasteiger partial charge in [-0.2, -0.15) is 4.31 Å². The van der Waals surface area contributed by atoms with E-state index >= 15 is 0 Å². The number of aliphatic hydroxyl groups is 2. The van der Waals surface area contributed by atoms with Gasteiger partial charge in [-0.1, -0.05) is 0 Å². The Hall–Kier alpha value is -0.740. The molecule has 0 saturated carbocycles. The number of fused-ring (bicyclic) bond motifs is 1. The SMILES string of the molecule is Cc1ncnc2c1ncn2[C@@H]1O[C@H](COP(O)(=S)OP(=O)(O)OP(=O)(O)O)[C@@H](O)[C@@]1(C)O. The molecule has 3 heterocycles. The van der Waals surface area contributed by atoms with Crippen molar-refractivity contribution in [2.45, 2.75) is 37.9 Å². The van der Waals surface area contributed by atoms with Crippen LogP contribution in [0.1, 0.15) is 18.8 Å². The lowest BCUT2D eigenvalue weighted by Gasteiger charge is -2.27. The summed E-state index contributed by atoms with van der Waals surface area (Å²) in [6.07, 6.45) is -1.54. The number of hydrogen-bond donors (Lipinski definition) is 6. The molecule has 180 valence electrons. The van der Waals surface area contributed by atoms with Gasteiger partial charge in [0.1, 0.15) is 29.7 Å². The summed E-state index contributed by atoms with van der Waals surface area (Å²) in [5.41, 5.74) is -0.599. The summed E-state index contributed by atoms with van der Waals surface area (Å²) >= 11 is 4.52. The third-order valence-corrected chi connectivity index (χ3v) is 9.09. The van der Waals surface area contributed by atoms with Gasteiger partial charge in [0.15, 0.2) is 11.9 Å². The van der Waals surface area contributed by atoms with Crippen LogP contribution in [0.5, 0.6) is 0 Å². The Kier molecular flexibility index (Phi) is 7.12. The molecule has 0 radical (unpaired) electrons. The summed E-state index contributed by atoms with van der Waals surface area (Å²) in [6, 6.07) is 0. The van der Waals surface area contributed by atoms with E-state index in [0.29, 0.717) is 16.9 Å². The van der Waals surface area contributed by atoms with E-state index in [1.165, 1.54) is 24.1 Å². The van der Waals surface area contributed by atoms with Crippen molar-refractivity contribution < 1.29 is 56.8 Å². The van der Waals surface area contributed by atoms with Crippen LogP contribution in [0, 0.1) is 6.92 Å². The number of imidazole rings is 1. The zero-order chi connectivity index (χ0) is 24.1. The smallest absolute Gasteiger partial charge is 0.387 e. The van der Waals surface area contributed by atoms with E-state index in [2.05, 4.69) is 35.4 Å². The van der Waals surface area contributed by atoms with Gasteiger partial charge in [-0.3, -0.25) is 4.57 Å². The maximum atomic E-state index is 11.6. The van der Waals surface area contributed by atoms with Crippen LogP contribution in [-0.4, -0.2) is 73.7 Å². The predicted molar refractivity (Wildman–Crippen MR) is 107 cm³/mol. The average Bonchev–Trinajstić information content (AvgIpc) is 3.11. The topological polar surface area (TPSA) is 236 Å². The van der Waals surface area contributed by atoms with Gasteiger partial charge in [0.05, 0.1) is 18.6 Å². The van der Waals surface area contributed by atoms with Gasteiger partial charge in [-0.05, 0) is 25.7 Å². The number of phosphoric acid groups is 2. The van der Waals surface area contributed by atoms with E-state index in [4.69, 9.17) is 19.0 Å². The number of hydrogen-bond acceptors (Lipinski definition) is 12. The molecule has 32 heavy (non-hydrogen) atoms. The molecule has 1 aliphatic heterocycles. The molecule has 0 spiro atoms. The number of aromatic nitrogens is 4. The lowest BCUT2D eigenvalue weighted by Crippen LogP contribution is -2.44. The molecule has 2 unspecified atom stereocenters. The molecule has 16 nitrogen and oxygen atoms in total. The van der Waals surface area contributed by atoms with Crippen molar-refractivity contribution in [3.63, 3.8) is 0 Å². The minimum absolute atomic E-state index is 0.308. The Morgan fingerprint density at radius 2 is 1.88 bits per heavy atom. The molecule has 1 fully saturated rings. The highest BCUT2D eigenvalue weighted by molar-refractivity contribution is 8.08. The standard InChI is InChI=1S/C12H19N4O12P3S/c1-6-8-10(14-4-13-6)16(5-15-8)11-12(2,18)9(17)7(26-11)3-25-31(24,32)28-30(22,23)27-29(19,20)21/h4-5,7,9,11,17-18H,3H2,1-2H3,(H,22,23)(H,24,32)(H2,19,20,21)/t7-,9-,11-,12-,31?/m1/s1. The monoisotopic (exact) mass is 536 g/mol. The molecule has 0 bridgehead atoms. The third kappa shape index (κ3) is 5.66. The third-order valence-electron chi connectivity index (χ3n) is 4.37. The van der Waals surface area contributed by atoms with Gasteiger partial charge in [-0.25, -0.2) is 28.4 Å². The summed E-state index contributed by atoms with van der Waals surface area (Å²) in [5.74, 6) is 0. The maximum absolute atomic E-state index is 11.6. The van der Waals surface area contributed by atoms with Crippen LogP contribution in [0.15, 0.2) is 12.7 Å². The summed E-state index contributed by atoms with van der Waals surface area (Å²) in [4.78, 5) is 48.7. The molecule has 0 aliphatic carbocycles. The molecule has 6 N–H and O–H groups in total. The Balaban J connectivity index is 1.74. The minimum atomic E-state index is -5.49. The van der Waals surface area contributed by atoms with E-state index in [1.807, 2.05) is 0 Å². The second-order valence-electron chi connectivity index (χ2n) is 6.87. The Morgan fingerprint density at radius 1 is 1.22 bits per heavy atom. The number of aryl methyl sites for hydroxylation is 1. The van der Waals surface area contributed by atoms with E-state index in [1.54, 1.807) is 6.92 Å². The number of aliphatic hydroxyl groups excluding tert-OH is 1. The van der Waals surface area contributed by atoms with Gasteiger partial charge in [0, 0.05) is 0 Å². The zero-order valence-corrected chi connectivity index (χ0v) is 19.8. The van der Waals surface area contributed by atoms with Crippen LogP contribution < -0.4 is 0 Å². The summed E-state index contributed by atoms with van der Waals surface area (Å²) in [6.45, 7) is -2.38. The van der Waals surface area contributed by atoms with Crippen molar-refractivity contribution in [2.75, 3.05) is 6.61 Å². The van der Waals surface area contributed by atoms with Crippen molar-refractivity contribution in [3.8, 4) is 0 Å². The molecule has 1 aliphatic rings.